The summed E-state index contributed by atoms with van der Waals surface area (Å²) >= 11 is 0. The van der Waals surface area contributed by atoms with Crippen LogP contribution in [0.15, 0.2) is 54.6 Å². The van der Waals surface area contributed by atoms with E-state index in [1.165, 1.54) is 11.3 Å². The molecule has 0 saturated carbocycles. The Morgan fingerprint density at radius 3 is 2.48 bits per heavy atom. The van der Waals surface area contributed by atoms with E-state index >= 15 is 0 Å². The molecule has 1 aliphatic rings. The van der Waals surface area contributed by atoms with E-state index < -0.39 is 0 Å². The smallest absolute Gasteiger partial charge is 0.119 e. The Bertz CT molecular complexity index is 553. The third-order valence-electron chi connectivity index (χ3n) is 3.99. The topological polar surface area (TPSA) is 32.7 Å². The van der Waals surface area contributed by atoms with Gasteiger partial charge in [0.1, 0.15) is 12.4 Å². The third-order valence-corrected chi connectivity index (χ3v) is 3.99. The highest BCUT2D eigenvalue weighted by molar-refractivity contribution is 5.49. The highest BCUT2D eigenvalue weighted by atomic mass is 16.5. The maximum Gasteiger partial charge on any atom is 0.119 e. The first-order valence-corrected chi connectivity index (χ1v) is 7.48. The highest BCUT2D eigenvalue weighted by Crippen LogP contribution is 2.25. The molecule has 2 aromatic carbocycles. The van der Waals surface area contributed by atoms with Gasteiger partial charge in [0.2, 0.25) is 0 Å². The molecule has 0 amide bonds. The summed E-state index contributed by atoms with van der Waals surface area (Å²) in [6, 6.07) is 18.4. The molecule has 3 rings (SSSR count). The van der Waals surface area contributed by atoms with Gasteiger partial charge < -0.3 is 14.7 Å². The Balaban J connectivity index is 1.57. The number of aliphatic hydroxyl groups excluding tert-OH is 1. The molecule has 1 atom stereocenters. The first kappa shape index (κ1) is 14.0. The van der Waals surface area contributed by atoms with E-state index in [1.807, 2.05) is 30.3 Å². The number of benzene rings is 2. The molecule has 0 bridgehead atoms. The molecule has 1 aliphatic heterocycles. The monoisotopic (exact) mass is 283 g/mol. The van der Waals surface area contributed by atoms with Crippen molar-refractivity contribution in [1.82, 2.24) is 0 Å². The molecule has 0 spiro atoms. The molecular weight excluding hydrogens is 262 g/mol. The summed E-state index contributed by atoms with van der Waals surface area (Å²) in [5.41, 5.74) is 2.38. The number of hydrogen-bond acceptors (Lipinski definition) is 3. The van der Waals surface area contributed by atoms with E-state index in [1.54, 1.807) is 0 Å². The lowest BCUT2D eigenvalue weighted by atomic mass is 10.1. The van der Waals surface area contributed by atoms with Crippen LogP contribution in [0.4, 0.5) is 5.69 Å². The molecule has 1 heterocycles. The minimum Gasteiger partial charge on any atom is -0.489 e. The van der Waals surface area contributed by atoms with E-state index in [0.29, 0.717) is 12.5 Å². The van der Waals surface area contributed by atoms with E-state index in [9.17, 15) is 5.11 Å². The normalized spacial score (nSPS) is 18.0. The van der Waals surface area contributed by atoms with Gasteiger partial charge >= 0.3 is 0 Å². The lowest BCUT2D eigenvalue weighted by Crippen LogP contribution is -2.20. The minimum absolute atomic E-state index is 0.286. The lowest BCUT2D eigenvalue weighted by Gasteiger charge is -2.18. The SMILES string of the molecule is OCC1CCN(c2ccc(OCc3ccccc3)cc2)C1. The fraction of sp³-hybridized carbons (Fsp3) is 0.333. The average Bonchev–Trinajstić information content (AvgIpc) is 3.03. The van der Waals surface area contributed by atoms with Crippen molar-refractivity contribution < 1.29 is 9.84 Å². The largest absolute Gasteiger partial charge is 0.489 e. The van der Waals surface area contributed by atoms with Crippen LogP contribution in [0.2, 0.25) is 0 Å². The summed E-state index contributed by atoms with van der Waals surface area (Å²) < 4.78 is 5.79. The Labute approximate surface area is 125 Å². The fourth-order valence-corrected chi connectivity index (χ4v) is 2.71. The van der Waals surface area contributed by atoms with Crippen molar-refractivity contribution in [3.05, 3.63) is 60.2 Å². The van der Waals surface area contributed by atoms with Gasteiger partial charge in [0.15, 0.2) is 0 Å². The quantitative estimate of drug-likeness (QED) is 0.915. The van der Waals surface area contributed by atoms with Crippen molar-refractivity contribution in [2.24, 2.45) is 5.92 Å². The van der Waals surface area contributed by atoms with Crippen LogP contribution >= 0.6 is 0 Å². The van der Waals surface area contributed by atoms with E-state index in [-0.39, 0.29) is 6.61 Å². The highest BCUT2D eigenvalue weighted by Gasteiger charge is 2.21. The number of anilines is 1. The van der Waals surface area contributed by atoms with Crippen LogP contribution in [0.25, 0.3) is 0 Å². The predicted octanol–water partition coefficient (Wildman–Crippen LogP) is 3.08. The number of hydrogen-bond donors (Lipinski definition) is 1. The minimum atomic E-state index is 0.286. The molecule has 0 aliphatic carbocycles. The van der Waals surface area contributed by atoms with E-state index in [4.69, 9.17) is 4.74 Å². The Hall–Kier alpha value is -2.00. The predicted molar refractivity (Wildman–Crippen MR) is 84.6 cm³/mol. The summed E-state index contributed by atoms with van der Waals surface area (Å²) in [5, 5.41) is 9.21. The van der Waals surface area contributed by atoms with Crippen molar-refractivity contribution in [2.45, 2.75) is 13.0 Å². The van der Waals surface area contributed by atoms with Crippen LogP contribution in [0.1, 0.15) is 12.0 Å². The zero-order valence-electron chi connectivity index (χ0n) is 12.1. The maximum atomic E-state index is 9.21. The van der Waals surface area contributed by atoms with Gasteiger partial charge in [-0.15, -0.1) is 0 Å². The molecule has 0 radical (unpaired) electrons. The third kappa shape index (κ3) is 3.56. The van der Waals surface area contributed by atoms with Gasteiger partial charge in [-0.1, -0.05) is 30.3 Å². The molecule has 3 heteroatoms. The van der Waals surface area contributed by atoms with Crippen molar-refractivity contribution in [2.75, 3.05) is 24.6 Å². The molecule has 1 N–H and O–H groups in total. The van der Waals surface area contributed by atoms with Crippen LogP contribution in [-0.4, -0.2) is 24.8 Å². The molecule has 1 fully saturated rings. The zero-order valence-corrected chi connectivity index (χ0v) is 12.1. The average molecular weight is 283 g/mol. The fourth-order valence-electron chi connectivity index (χ4n) is 2.71. The summed E-state index contributed by atoms with van der Waals surface area (Å²) in [5.74, 6) is 1.31. The second-order valence-electron chi connectivity index (χ2n) is 5.55. The van der Waals surface area contributed by atoms with Crippen molar-refractivity contribution in [3.63, 3.8) is 0 Å². The van der Waals surface area contributed by atoms with Crippen LogP contribution in [0, 0.1) is 5.92 Å². The van der Waals surface area contributed by atoms with Crippen molar-refractivity contribution >= 4 is 5.69 Å². The second-order valence-corrected chi connectivity index (χ2v) is 5.55. The van der Waals surface area contributed by atoms with Crippen molar-refractivity contribution in [1.29, 1.82) is 0 Å². The molecule has 1 unspecified atom stereocenters. The zero-order chi connectivity index (χ0) is 14.5. The molecule has 1 saturated heterocycles. The van der Waals surface area contributed by atoms with Gasteiger partial charge in [0, 0.05) is 31.3 Å². The van der Waals surface area contributed by atoms with Gasteiger partial charge in [-0.25, -0.2) is 0 Å². The number of nitrogens with zero attached hydrogens (tertiary/aromatic N) is 1. The molecular formula is C18H21NO2. The van der Waals surface area contributed by atoms with Crippen LogP contribution in [0.3, 0.4) is 0 Å². The number of aliphatic hydroxyl groups is 1. The molecule has 21 heavy (non-hydrogen) atoms. The van der Waals surface area contributed by atoms with Gasteiger partial charge in [-0.05, 0) is 36.2 Å². The second kappa shape index (κ2) is 6.64. The Kier molecular flexibility index (Phi) is 4.41. The van der Waals surface area contributed by atoms with Crippen LogP contribution in [0.5, 0.6) is 5.75 Å². The first-order chi connectivity index (χ1) is 10.3. The summed E-state index contributed by atoms with van der Waals surface area (Å²) in [4.78, 5) is 2.32. The first-order valence-electron chi connectivity index (χ1n) is 7.48. The van der Waals surface area contributed by atoms with Crippen molar-refractivity contribution in [3.8, 4) is 5.75 Å². The standard InChI is InChI=1S/C18H21NO2/c20-13-16-10-11-19(12-16)17-6-8-18(9-7-17)21-14-15-4-2-1-3-5-15/h1-9,16,20H,10-14H2. The van der Waals surface area contributed by atoms with E-state index in [2.05, 4.69) is 29.2 Å². The van der Waals surface area contributed by atoms with Gasteiger partial charge in [-0.3, -0.25) is 0 Å². The maximum absolute atomic E-state index is 9.21. The Morgan fingerprint density at radius 1 is 1.05 bits per heavy atom. The van der Waals surface area contributed by atoms with Crippen LogP contribution in [-0.2, 0) is 6.61 Å². The molecule has 3 nitrogen and oxygen atoms in total. The number of ether oxygens (including phenoxy) is 1. The summed E-state index contributed by atoms with van der Waals surface area (Å²) in [6.07, 6.45) is 1.07. The summed E-state index contributed by atoms with van der Waals surface area (Å²) in [7, 11) is 0. The van der Waals surface area contributed by atoms with Gasteiger partial charge in [0.05, 0.1) is 0 Å². The number of rotatable bonds is 5. The molecule has 0 aromatic heterocycles. The van der Waals surface area contributed by atoms with Gasteiger partial charge in [0.25, 0.3) is 0 Å². The summed E-state index contributed by atoms with van der Waals surface area (Å²) in [6.45, 7) is 2.85. The van der Waals surface area contributed by atoms with Gasteiger partial charge in [-0.2, -0.15) is 0 Å². The molecule has 2 aromatic rings. The van der Waals surface area contributed by atoms with E-state index in [0.717, 1.165) is 25.3 Å². The molecule has 110 valence electrons. The Morgan fingerprint density at radius 2 is 1.81 bits per heavy atom. The van der Waals surface area contributed by atoms with Crippen LogP contribution < -0.4 is 9.64 Å². The lowest BCUT2D eigenvalue weighted by molar-refractivity contribution is 0.238.